The van der Waals surface area contributed by atoms with E-state index in [4.69, 9.17) is 4.42 Å². The molecule has 0 fully saturated rings. The first-order valence-electron chi connectivity index (χ1n) is 15.7. The summed E-state index contributed by atoms with van der Waals surface area (Å²) in [6.07, 6.45) is 2.18. The van der Waals surface area contributed by atoms with Gasteiger partial charge in [0.25, 0.3) is 0 Å². The SMILES string of the molecule is Cc1cc2oc3ccccc3c2c2c3ccc(-c4c(C(C)C)cc([Si](C)(C)C)cc4C(C)C)cc3c3ccc[n+](C)c3c12. The summed E-state index contributed by atoms with van der Waals surface area (Å²) in [4.78, 5) is 0. The number of para-hydroxylation sites is 1. The Balaban J connectivity index is 1.68. The molecular formula is C40H42NOSi+. The Labute approximate surface area is 256 Å². The summed E-state index contributed by atoms with van der Waals surface area (Å²) in [6, 6.07) is 27.5. The van der Waals surface area contributed by atoms with Gasteiger partial charge < -0.3 is 4.42 Å². The number of pyridine rings is 1. The van der Waals surface area contributed by atoms with Crippen molar-refractivity contribution in [1.82, 2.24) is 0 Å². The average molecular weight is 581 g/mol. The van der Waals surface area contributed by atoms with Crippen molar-refractivity contribution in [2.45, 2.75) is 66.1 Å². The normalized spacial score (nSPS) is 12.7. The number of nitrogens with zero attached hydrogens (tertiary/aromatic N) is 1. The molecule has 0 aliphatic heterocycles. The van der Waals surface area contributed by atoms with Crippen molar-refractivity contribution in [2.24, 2.45) is 7.05 Å². The maximum absolute atomic E-state index is 6.44. The standard InChI is InChI=1S/C40H42NOSi/c1-23(2)31-21-27(43(7,8)9)22-32(24(3)4)37(31)26-16-17-28-33(20-26)29-14-12-18-41(6)40(29)36-25(5)19-35-38(39(28)36)30-13-10-11-15-34(30)42-35/h10-24H,1-9H3/q+1. The predicted octanol–water partition coefficient (Wildman–Crippen LogP) is 10.6. The number of rotatable bonds is 4. The summed E-state index contributed by atoms with van der Waals surface area (Å²) in [5, 5.41) is 10.4. The number of hydrogen-bond donors (Lipinski definition) is 0. The fourth-order valence-corrected chi connectivity index (χ4v) is 8.41. The van der Waals surface area contributed by atoms with Gasteiger partial charge in [-0.15, -0.1) is 0 Å². The minimum absolute atomic E-state index is 0.435. The molecule has 0 aliphatic carbocycles. The van der Waals surface area contributed by atoms with Gasteiger partial charge in [0.05, 0.1) is 18.8 Å². The third kappa shape index (κ3) is 4.23. The molecule has 7 aromatic rings. The molecular weight excluding hydrogens is 539 g/mol. The van der Waals surface area contributed by atoms with E-state index < -0.39 is 8.07 Å². The van der Waals surface area contributed by atoms with Crippen molar-refractivity contribution >= 4 is 67.6 Å². The van der Waals surface area contributed by atoms with Gasteiger partial charge in [-0.05, 0) is 81.6 Å². The first-order valence-corrected chi connectivity index (χ1v) is 19.2. The van der Waals surface area contributed by atoms with Crippen molar-refractivity contribution in [2.75, 3.05) is 0 Å². The van der Waals surface area contributed by atoms with Crippen LogP contribution in [0.5, 0.6) is 0 Å². The fourth-order valence-electron chi connectivity index (χ4n) is 7.23. The zero-order chi connectivity index (χ0) is 30.4. The number of aryl methyl sites for hydroxylation is 2. The van der Waals surface area contributed by atoms with E-state index in [-0.39, 0.29) is 0 Å². The lowest BCUT2D eigenvalue weighted by Crippen LogP contribution is -2.38. The van der Waals surface area contributed by atoms with E-state index in [0.717, 1.165) is 11.2 Å². The van der Waals surface area contributed by atoms with Gasteiger partial charge in [-0.3, -0.25) is 0 Å². The van der Waals surface area contributed by atoms with E-state index in [1.807, 2.05) is 0 Å². The molecule has 0 aliphatic rings. The van der Waals surface area contributed by atoms with Crippen LogP contribution in [0.25, 0.3) is 65.5 Å². The molecule has 0 radical (unpaired) electrons. The van der Waals surface area contributed by atoms with Crippen LogP contribution in [-0.4, -0.2) is 8.07 Å². The zero-order valence-corrected chi connectivity index (χ0v) is 28.0. The Kier molecular flexibility index (Phi) is 6.34. The quantitative estimate of drug-likeness (QED) is 0.115. The molecule has 3 heteroatoms. The van der Waals surface area contributed by atoms with Crippen molar-refractivity contribution in [3.63, 3.8) is 0 Å². The highest BCUT2D eigenvalue weighted by Gasteiger charge is 2.26. The molecule has 0 N–H and O–H groups in total. The van der Waals surface area contributed by atoms with Gasteiger partial charge in [-0.2, -0.15) is 0 Å². The Morgan fingerprint density at radius 3 is 2.00 bits per heavy atom. The van der Waals surface area contributed by atoms with E-state index in [9.17, 15) is 0 Å². The minimum Gasteiger partial charge on any atom is -0.456 e. The predicted molar refractivity (Wildman–Crippen MR) is 189 cm³/mol. The second-order valence-electron chi connectivity index (χ2n) is 14.1. The Hall–Kier alpha value is -3.95. The summed E-state index contributed by atoms with van der Waals surface area (Å²) >= 11 is 0. The average Bonchev–Trinajstić information content (AvgIpc) is 3.33. The maximum atomic E-state index is 6.44. The lowest BCUT2D eigenvalue weighted by Gasteiger charge is -2.26. The second kappa shape index (κ2) is 9.79. The summed E-state index contributed by atoms with van der Waals surface area (Å²) in [6.45, 7) is 19.0. The van der Waals surface area contributed by atoms with E-state index in [1.54, 1.807) is 5.19 Å². The summed E-state index contributed by atoms with van der Waals surface area (Å²) in [7, 11) is 0.690. The number of benzene rings is 5. The van der Waals surface area contributed by atoms with Crippen molar-refractivity contribution in [3.05, 3.63) is 95.7 Å². The van der Waals surface area contributed by atoms with Crippen LogP contribution in [0.1, 0.15) is 56.2 Å². The van der Waals surface area contributed by atoms with Crippen LogP contribution in [0.4, 0.5) is 0 Å². The largest absolute Gasteiger partial charge is 0.456 e. The summed E-state index contributed by atoms with van der Waals surface area (Å²) < 4.78 is 8.74. The Bertz CT molecular complexity index is 2220. The van der Waals surface area contributed by atoms with Gasteiger partial charge in [-0.25, -0.2) is 4.57 Å². The number of fused-ring (bicyclic) bond motifs is 10. The van der Waals surface area contributed by atoms with Crippen molar-refractivity contribution < 1.29 is 8.98 Å². The molecule has 0 bridgehead atoms. The Morgan fingerprint density at radius 1 is 0.651 bits per heavy atom. The molecule has 43 heavy (non-hydrogen) atoms. The molecule has 0 spiro atoms. The van der Waals surface area contributed by atoms with Crippen LogP contribution in [-0.2, 0) is 7.05 Å². The zero-order valence-electron chi connectivity index (χ0n) is 27.0. The first kappa shape index (κ1) is 27.9. The molecule has 0 amide bonds. The molecule has 0 unspecified atom stereocenters. The van der Waals surface area contributed by atoms with E-state index in [2.05, 4.69) is 145 Å². The molecule has 0 atom stereocenters. The second-order valence-corrected chi connectivity index (χ2v) is 19.2. The fraction of sp³-hybridized carbons (Fsp3) is 0.275. The van der Waals surface area contributed by atoms with E-state index in [0.29, 0.717) is 11.8 Å². The van der Waals surface area contributed by atoms with Gasteiger partial charge in [0.2, 0.25) is 5.52 Å². The highest BCUT2D eigenvalue weighted by Crippen LogP contribution is 2.45. The molecule has 2 aromatic heterocycles. The van der Waals surface area contributed by atoms with Gasteiger partial charge in [0.1, 0.15) is 18.2 Å². The molecule has 0 saturated heterocycles. The van der Waals surface area contributed by atoms with Gasteiger partial charge in [0.15, 0.2) is 6.20 Å². The summed E-state index contributed by atoms with van der Waals surface area (Å²) in [5.74, 6) is 0.871. The summed E-state index contributed by atoms with van der Waals surface area (Å²) in [5.41, 5.74) is 10.1. The molecule has 216 valence electrons. The van der Waals surface area contributed by atoms with Crippen LogP contribution < -0.4 is 9.75 Å². The third-order valence-electron chi connectivity index (χ3n) is 9.46. The van der Waals surface area contributed by atoms with Crippen LogP contribution in [0.2, 0.25) is 19.6 Å². The van der Waals surface area contributed by atoms with Gasteiger partial charge >= 0.3 is 0 Å². The van der Waals surface area contributed by atoms with Crippen molar-refractivity contribution in [1.29, 1.82) is 0 Å². The molecule has 2 nitrogen and oxygen atoms in total. The Morgan fingerprint density at radius 2 is 1.33 bits per heavy atom. The lowest BCUT2D eigenvalue weighted by molar-refractivity contribution is -0.644. The van der Waals surface area contributed by atoms with Gasteiger partial charge in [-0.1, -0.05) is 95.0 Å². The molecule has 5 aromatic carbocycles. The minimum atomic E-state index is -1.49. The monoisotopic (exact) mass is 580 g/mol. The van der Waals surface area contributed by atoms with Crippen molar-refractivity contribution in [3.8, 4) is 11.1 Å². The maximum Gasteiger partial charge on any atom is 0.221 e. The molecule has 2 heterocycles. The third-order valence-corrected chi connectivity index (χ3v) is 11.5. The molecule has 0 saturated carbocycles. The first-order chi connectivity index (χ1) is 20.5. The lowest BCUT2D eigenvalue weighted by atomic mass is 9.83. The number of aromatic nitrogens is 1. The van der Waals surface area contributed by atoms with Crippen LogP contribution >= 0.6 is 0 Å². The number of furan rings is 1. The van der Waals surface area contributed by atoms with E-state index in [1.165, 1.54) is 71.0 Å². The molecule has 7 rings (SSSR count). The van der Waals surface area contributed by atoms with E-state index >= 15 is 0 Å². The van der Waals surface area contributed by atoms with Crippen LogP contribution in [0.3, 0.4) is 0 Å². The van der Waals surface area contributed by atoms with Crippen LogP contribution in [0.15, 0.2) is 83.4 Å². The highest BCUT2D eigenvalue weighted by molar-refractivity contribution is 6.88. The smallest absolute Gasteiger partial charge is 0.221 e. The van der Waals surface area contributed by atoms with Crippen LogP contribution in [0, 0.1) is 6.92 Å². The number of hydrogen-bond acceptors (Lipinski definition) is 1. The highest BCUT2D eigenvalue weighted by atomic mass is 28.3. The topological polar surface area (TPSA) is 17.0 Å². The van der Waals surface area contributed by atoms with Gasteiger partial charge in [0, 0.05) is 22.2 Å².